The van der Waals surface area contributed by atoms with Gasteiger partial charge in [0.25, 0.3) is 0 Å². The molecule has 1 N–H and O–H groups in total. The summed E-state index contributed by atoms with van der Waals surface area (Å²) in [7, 11) is 0. The molecule has 0 spiro atoms. The van der Waals surface area contributed by atoms with Crippen molar-refractivity contribution < 1.29 is 5.11 Å². The minimum Gasteiger partial charge on any atom is -0.511 e. The van der Waals surface area contributed by atoms with Gasteiger partial charge in [0.05, 0.1) is 6.04 Å². The molecular formula is C19H27NO. The standard InChI is InChI=1S/C19H27NO/c1-15(21)19(17-10-6-3-7-11-17)20-13-12-18(14-20)16-8-4-2-5-9-16/h2,4-5,8-9,17-19,21H,1,3,6-7,10-14H2. The molecule has 0 amide bonds. The summed E-state index contributed by atoms with van der Waals surface area (Å²) in [5.41, 5.74) is 1.44. The molecule has 1 saturated carbocycles. The fourth-order valence-corrected chi connectivity index (χ4v) is 4.27. The average molecular weight is 285 g/mol. The summed E-state index contributed by atoms with van der Waals surface area (Å²) in [6.45, 7) is 6.03. The van der Waals surface area contributed by atoms with Crippen LogP contribution in [-0.2, 0) is 0 Å². The lowest BCUT2D eigenvalue weighted by atomic mass is 9.82. The van der Waals surface area contributed by atoms with E-state index in [4.69, 9.17) is 0 Å². The van der Waals surface area contributed by atoms with E-state index < -0.39 is 0 Å². The summed E-state index contributed by atoms with van der Waals surface area (Å²) in [6, 6.07) is 11.0. The van der Waals surface area contributed by atoms with Crippen LogP contribution in [0.15, 0.2) is 42.7 Å². The van der Waals surface area contributed by atoms with Crippen LogP contribution < -0.4 is 0 Å². The first-order valence-corrected chi connectivity index (χ1v) is 8.42. The van der Waals surface area contributed by atoms with Gasteiger partial charge in [-0.15, -0.1) is 0 Å². The van der Waals surface area contributed by atoms with Crippen LogP contribution in [0.2, 0.25) is 0 Å². The second-order valence-electron chi connectivity index (χ2n) is 6.73. The highest BCUT2D eigenvalue weighted by Crippen LogP contribution is 2.36. The number of likely N-dealkylation sites (tertiary alicyclic amines) is 1. The van der Waals surface area contributed by atoms with Crippen molar-refractivity contribution >= 4 is 0 Å². The molecule has 2 heteroatoms. The minimum atomic E-state index is 0.180. The normalized spacial score (nSPS) is 25.8. The van der Waals surface area contributed by atoms with Crippen molar-refractivity contribution in [2.24, 2.45) is 5.92 Å². The molecule has 1 aliphatic heterocycles. The van der Waals surface area contributed by atoms with E-state index in [9.17, 15) is 5.11 Å². The van der Waals surface area contributed by atoms with Gasteiger partial charge in [-0.25, -0.2) is 0 Å². The van der Waals surface area contributed by atoms with Gasteiger partial charge >= 0.3 is 0 Å². The number of benzene rings is 1. The van der Waals surface area contributed by atoms with Gasteiger partial charge in [0.2, 0.25) is 0 Å². The second kappa shape index (κ2) is 6.65. The van der Waals surface area contributed by atoms with Crippen LogP contribution in [0.5, 0.6) is 0 Å². The van der Waals surface area contributed by atoms with Crippen molar-refractivity contribution in [3.63, 3.8) is 0 Å². The first-order valence-electron chi connectivity index (χ1n) is 8.42. The van der Waals surface area contributed by atoms with Crippen LogP contribution in [0, 0.1) is 5.92 Å². The molecule has 0 radical (unpaired) electrons. The van der Waals surface area contributed by atoms with E-state index in [1.165, 1.54) is 44.1 Å². The summed E-state index contributed by atoms with van der Waals surface area (Å²) < 4.78 is 0. The predicted octanol–water partition coefficient (Wildman–Crippen LogP) is 4.50. The zero-order chi connectivity index (χ0) is 14.7. The maximum Gasteiger partial charge on any atom is 0.102 e. The molecule has 21 heavy (non-hydrogen) atoms. The number of nitrogens with zero attached hydrogens (tertiary/aromatic N) is 1. The number of hydrogen-bond acceptors (Lipinski definition) is 2. The van der Waals surface area contributed by atoms with Crippen LogP contribution in [0.25, 0.3) is 0 Å². The summed E-state index contributed by atoms with van der Waals surface area (Å²) in [5.74, 6) is 1.60. The first kappa shape index (κ1) is 14.6. The minimum absolute atomic E-state index is 0.180. The molecule has 3 rings (SSSR count). The molecule has 2 atom stereocenters. The van der Waals surface area contributed by atoms with Crippen LogP contribution in [-0.4, -0.2) is 29.1 Å². The molecule has 0 bridgehead atoms. The summed E-state index contributed by atoms with van der Waals surface area (Å²) in [5, 5.41) is 10.1. The SMILES string of the molecule is C=C(O)C(C1CCCCC1)N1CCC(c2ccccc2)C1. The molecule has 1 saturated heterocycles. The van der Waals surface area contributed by atoms with Crippen LogP contribution in [0.1, 0.15) is 50.0 Å². The molecule has 1 aliphatic carbocycles. The second-order valence-corrected chi connectivity index (χ2v) is 6.73. The number of hydrogen-bond donors (Lipinski definition) is 1. The van der Waals surface area contributed by atoms with E-state index in [0.29, 0.717) is 17.6 Å². The fourth-order valence-electron chi connectivity index (χ4n) is 4.27. The van der Waals surface area contributed by atoms with Crippen molar-refractivity contribution in [1.82, 2.24) is 4.90 Å². The van der Waals surface area contributed by atoms with E-state index in [-0.39, 0.29) is 6.04 Å². The fraction of sp³-hybridized carbons (Fsp3) is 0.579. The number of rotatable bonds is 4. The summed E-state index contributed by atoms with van der Waals surface area (Å²) >= 11 is 0. The highest BCUT2D eigenvalue weighted by atomic mass is 16.3. The summed E-state index contributed by atoms with van der Waals surface area (Å²) in [6.07, 6.45) is 7.66. The van der Waals surface area contributed by atoms with Gasteiger partial charge < -0.3 is 5.11 Å². The van der Waals surface area contributed by atoms with E-state index in [1.807, 2.05) is 0 Å². The van der Waals surface area contributed by atoms with Gasteiger partial charge in [0.1, 0.15) is 5.76 Å². The van der Waals surface area contributed by atoms with Crippen LogP contribution >= 0.6 is 0 Å². The van der Waals surface area contributed by atoms with E-state index in [2.05, 4.69) is 41.8 Å². The van der Waals surface area contributed by atoms with Gasteiger partial charge in [0, 0.05) is 6.54 Å². The van der Waals surface area contributed by atoms with Gasteiger partial charge in [-0.1, -0.05) is 56.2 Å². The lowest BCUT2D eigenvalue weighted by Gasteiger charge is -2.36. The van der Waals surface area contributed by atoms with Crippen LogP contribution in [0.3, 0.4) is 0 Å². The Morgan fingerprint density at radius 2 is 1.81 bits per heavy atom. The Morgan fingerprint density at radius 3 is 2.48 bits per heavy atom. The molecule has 2 aliphatic rings. The van der Waals surface area contributed by atoms with Crippen molar-refractivity contribution in [3.05, 3.63) is 48.2 Å². The maximum absolute atomic E-state index is 10.1. The number of aliphatic hydroxyl groups is 1. The van der Waals surface area contributed by atoms with E-state index in [0.717, 1.165) is 13.1 Å². The Labute approximate surface area is 128 Å². The molecule has 2 fully saturated rings. The summed E-state index contributed by atoms with van der Waals surface area (Å²) in [4.78, 5) is 2.48. The Hall–Kier alpha value is -1.28. The largest absolute Gasteiger partial charge is 0.511 e. The van der Waals surface area contributed by atoms with Gasteiger partial charge in [-0.2, -0.15) is 0 Å². The molecule has 2 nitrogen and oxygen atoms in total. The monoisotopic (exact) mass is 285 g/mol. The van der Waals surface area contributed by atoms with Gasteiger partial charge in [-0.05, 0) is 43.2 Å². The Balaban J connectivity index is 1.69. The lowest BCUT2D eigenvalue weighted by Crippen LogP contribution is -2.41. The molecular weight excluding hydrogens is 258 g/mol. The van der Waals surface area contributed by atoms with Gasteiger partial charge in [0.15, 0.2) is 0 Å². The third kappa shape index (κ3) is 3.32. The van der Waals surface area contributed by atoms with Crippen molar-refractivity contribution in [2.75, 3.05) is 13.1 Å². The maximum atomic E-state index is 10.1. The topological polar surface area (TPSA) is 23.5 Å². The third-order valence-electron chi connectivity index (χ3n) is 5.32. The van der Waals surface area contributed by atoms with Crippen molar-refractivity contribution in [1.29, 1.82) is 0 Å². The highest BCUT2D eigenvalue weighted by Gasteiger charge is 2.35. The Bertz CT molecular complexity index is 464. The number of aliphatic hydroxyl groups excluding tert-OH is 1. The van der Waals surface area contributed by atoms with E-state index in [1.54, 1.807) is 0 Å². The Kier molecular flexibility index (Phi) is 4.64. The average Bonchev–Trinajstić information content (AvgIpc) is 2.98. The molecule has 0 aromatic heterocycles. The quantitative estimate of drug-likeness (QED) is 0.824. The Morgan fingerprint density at radius 1 is 1.10 bits per heavy atom. The molecule has 1 aromatic rings. The third-order valence-corrected chi connectivity index (χ3v) is 5.32. The molecule has 2 unspecified atom stereocenters. The predicted molar refractivity (Wildman–Crippen MR) is 87.5 cm³/mol. The van der Waals surface area contributed by atoms with Crippen LogP contribution in [0.4, 0.5) is 0 Å². The smallest absolute Gasteiger partial charge is 0.102 e. The molecule has 1 heterocycles. The zero-order valence-corrected chi connectivity index (χ0v) is 12.9. The van der Waals surface area contributed by atoms with Gasteiger partial charge in [-0.3, -0.25) is 4.90 Å². The lowest BCUT2D eigenvalue weighted by molar-refractivity contribution is 0.128. The molecule has 114 valence electrons. The first-order chi connectivity index (χ1) is 10.3. The zero-order valence-electron chi connectivity index (χ0n) is 12.9. The van der Waals surface area contributed by atoms with Crippen molar-refractivity contribution in [3.8, 4) is 0 Å². The van der Waals surface area contributed by atoms with Crippen molar-refractivity contribution in [2.45, 2.75) is 50.5 Å². The van der Waals surface area contributed by atoms with E-state index >= 15 is 0 Å². The highest BCUT2D eigenvalue weighted by molar-refractivity contribution is 5.21. The molecule has 1 aromatic carbocycles.